The minimum Gasteiger partial charge on any atom is -0.234 e. The second-order valence-electron chi connectivity index (χ2n) is 4.80. The Bertz CT molecular complexity index is 862. The van der Waals surface area contributed by atoms with Crippen molar-refractivity contribution in [2.45, 2.75) is 6.42 Å². The van der Waals surface area contributed by atoms with Gasteiger partial charge in [0, 0.05) is 17.0 Å². The number of hydrogen-bond donors (Lipinski definition) is 1. The summed E-state index contributed by atoms with van der Waals surface area (Å²) in [7, 11) is 0. The van der Waals surface area contributed by atoms with Gasteiger partial charge in [0.1, 0.15) is 0 Å². The molecular formula is C15H11ClN3O+. The maximum atomic E-state index is 12.5. The molecule has 98 valence electrons. The molecule has 0 atom stereocenters. The Labute approximate surface area is 119 Å². The maximum absolute atomic E-state index is 12.5. The van der Waals surface area contributed by atoms with Gasteiger partial charge >= 0.3 is 5.56 Å². The van der Waals surface area contributed by atoms with E-state index in [2.05, 4.69) is 5.21 Å². The van der Waals surface area contributed by atoms with E-state index in [1.165, 1.54) is 5.56 Å². The Kier molecular flexibility index (Phi) is 2.35. The molecule has 1 aliphatic heterocycles. The average molecular weight is 285 g/mol. The van der Waals surface area contributed by atoms with Gasteiger partial charge in [-0.3, -0.25) is 0 Å². The quantitative estimate of drug-likeness (QED) is 0.534. The molecule has 0 fully saturated rings. The van der Waals surface area contributed by atoms with Crippen LogP contribution in [0.5, 0.6) is 0 Å². The summed E-state index contributed by atoms with van der Waals surface area (Å²) in [5.74, 6) is 0. The summed E-state index contributed by atoms with van der Waals surface area (Å²) in [6, 6.07) is 15.2. The second kappa shape index (κ2) is 4.08. The molecule has 20 heavy (non-hydrogen) atoms. The molecule has 0 amide bonds. The predicted octanol–water partition coefficient (Wildman–Crippen LogP) is 2.00. The van der Waals surface area contributed by atoms with E-state index in [-0.39, 0.29) is 5.56 Å². The standard InChI is InChI=1S/C15H10ClN3O/c16-11-5-7-12(8-6-11)18-15(20)14-9-10-3-1-2-4-13(10)19(14)17-18/h1-8H,9H2/p+1. The topological polar surface area (TPSA) is 41.7 Å². The van der Waals surface area contributed by atoms with Gasteiger partial charge in [0.05, 0.1) is 0 Å². The first-order valence-electron chi connectivity index (χ1n) is 6.34. The lowest BCUT2D eigenvalue weighted by atomic mass is 10.1. The number of benzene rings is 2. The van der Waals surface area contributed by atoms with Gasteiger partial charge in [-0.25, -0.2) is 4.79 Å². The molecule has 2 heterocycles. The molecule has 5 heteroatoms. The highest BCUT2D eigenvalue weighted by molar-refractivity contribution is 6.30. The fourth-order valence-electron chi connectivity index (χ4n) is 2.61. The van der Waals surface area contributed by atoms with Crippen molar-refractivity contribution in [1.29, 1.82) is 0 Å². The Morgan fingerprint density at radius 2 is 1.85 bits per heavy atom. The highest BCUT2D eigenvalue weighted by atomic mass is 35.5. The van der Waals surface area contributed by atoms with Crippen molar-refractivity contribution in [3.63, 3.8) is 0 Å². The van der Waals surface area contributed by atoms with Crippen molar-refractivity contribution in [3.8, 4) is 11.4 Å². The van der Waals surface area contributed by atoms with E-state index in [9.17, 15) is 4.79 Å². The van der Waals surface area contributed by atoms with Crippen molar-refractivity contribution in [1.82, 2.24) is 9.90 Å². The molecular weight excluding hydrogens is 274 g/mol. The number of hydrogen-bond acceptors (Lipinski definition) is 1. The third-order valence-corrected chi connectivity index (χ3v) is 3.85. The number of H-pyrrole nitrogens is 1. The molecule has 4 nitrogen and oxygen atoms in total. The van der Waals surface area contributed by atoms with E-state index in [0.717, 1.165) is 17.1 Å². The van der Waals surface area contributed by atoms with Crippen LogP contribution in [0, 0.1) is 0 Å². The predicted molar refractivity (Wildman–Crippen MR) is 75.7 cm³/mol. The zero-order chi connectivity index (χ0) is 13.7. The van der Waals surface area contributed by atoms with Crippen molar-refractivity contribution in [2.75, 3.05) is 0 Å². The van der Waals surface area contributed by atoms with E-state index in [1.54, 1.807) is 16.8 Å². The number of fused-ring (bicyclic) bond motifs is 3. The normalized spacial score (nSPS) is 12.2. The van der Waals surface area contributed by atoms with Crippen LogP contribution in [0.3, 0.4) is 0 Å². The van der Waals surface area contributed by atoms with Crippen LogP contribution in [0.1, 0.15) is 11.3 Å². The smallest absolute Gasteiger partial charge is 0.234 e. The van der Waals surface area contributed by atoms with Gasteiger partial charge in [0.15, 0.2) is 11.4 Å². The highest BCUT2D eigenvalue weighted by Crippen LogP contribution is 2.18. The Balaban J connectivity index is 1.91. The van der Waals surface area contributed by atoms with Crippen LogP contribution in [0.25, 0.3) is 11.4 Å². The zero-order valence-corrected chi connectivity index (χ0v) is 11.3. The van der Waals surface area contributed by atoms with Gasteiger partial charge in [-0.05, 0) is 30.3 Å². The number of para-hydroxylation sites is 1. The van der Waals surface area contributed by atoms with Crippen LogP contribution in [0.4, 0.5) is 0 Å². The molecule has 0 saturated heterocycles. The van der Waals surface area contributed by atoms with Crippen LogP contribution < -0.4 is 10.2 Å². The third-order valence-electron chi connectivity index (χ3n) is 3.60. The Morgan fingerprint density at radius 3 is 2.65 bits per heavy atom. The summed E-state index contributed by atoms with van der Waals surface area (Å²) in [5.41, 5.74) is 3.70. The van der Waals surface area contributed by atoms with E-state index in [1.807, 2.05) is 41.1 Å². The number of aromatic nitrogens is 3. The summed E-state index contributed by atoms with van der Waals surface area (Å²) in [6.45, 7) is 0. The van der Waals surface area contributed by atoms with Crippen LogP contribution in [0.15, 0.2) is 53.3 Å². The van der Waals surface area contributed by atoms with Crippen LogP contribution in [-0.2, 0) is 6.42 Å². The number of halogens is 1. The van der Waals surface area contributed by atoms with Gasteiger partial charge in [-0.15, -0.1) is 4.68 Å². The van der Waals surface area contributed by atoms with Gasteiger partial charge < -0.3 is 0 Å². The SMILES string of the molecule is O=c1c2[n+]([nH]n1-c1ccc(Cl)cc1)-c1ccccc1C2. The van der Waals surface area contributed by atoms with Crippen molar-refractivity contribution in [3.05, 3.63) is 75.2 Å². The summed E-state index contributed by atoms with van der Waals surface area (Å²) in [5, 5.41) is 3.78. The van der Waals surface area contributed by atoms with E-state index >= 15 is 0 Å². The number of nitrogens with one attached hydrogen (secondary N) is 1. The number of nitrogens with zero attached hydrogens (tertiary/aromatic N) is 2. The lowest BCUT2D eigenvalue weighted by Crippen LogP contribution is -2.34. The zero-order valence-electron chi connectivity index (χ0n) is 10.5. The molecule has 1 aliphatic rings. The van der Waals surface area contributed by atoms with Crippen molar-refractivity contribution in [2.24, 2.45) is 0 Å². The van der Waals surface area contributed by atoms with Gasteiger partial charge in [0.2, 0.25) is 5.69 Å². The fourth-order valence-corrected chi connectivity index (χ4v) is 2.73. The van der Waals surface area contributed by atoms with Crippen molar-refractivity contribution >= 4 is 11.6 Å². The maximum Gasteiger partial charge on any atom is 0.402 e. The molecule has 1 N–H and O–H groups in total. The molecule has 0 bridgehead atoms. The average Bonchev–Trinajstić information content (AvgIpc) is 2.98. The fraction of sp³-hybridized carbons (Fsp3) is 0.0667. The molecule has 0 unspecified atom stereocenters. The largest absolute Gasteiger partial charge is 0.402 e. The van der Waals surface area contributed by atoms with Crippen molar-refractivity contribution < 1.29 is 4.68 Å². The molecule has 0 spiro atoms. The number of rotatable bonds is 1. The van der Waals surface area contributed by atoms with Crippen LogP contribution in [0.2, 0.25) is 5.02 Å². The molecule has 0 radical (unpaired) electrons. The summed E-state index contributed by atoms with van der Waals surface area (Å²) in [4.78, 5) is 12.5. The first-order chi connectivity index (χ1) is 9.74. The minimum atomic E-state index is -0.0245. The summed E-state index contributed by atoms with van der Waals surface area (Å²) < 4.78 is 3.40. The molecule has 0 saturated carbocycles. The van der Waals surface area contributed by atoms with Gasteiger partial charge in [-0.1, -0.05) is 39.7 Å². The summed E-state index contributed by atoms with van der Waals surface area (Å²) >= 11 is 5.88. The summed E-state index contributed by atoms with van der Waals surface area (Å²) in [6.07, 6.45) is 0.659. The highest BCUT2D eigenvalue weighted by Gasteiger charge is 2.31. The first kappa shape index (κ1) is 11.5. The molecule has 2 aromatic carbocycles. The third kappa shape index (κ3) is 1.55. The first-order valence-corrected chi connectivity index (χ1v) is 6.72. The molecule has 3 aromatic rings. The van der Waals surface area contributed by atoms with Gasteiger partial charge in [0.25, 0.3) is 0 Å². The Hall–Kier alpha value is -2.33. The number of aromatic amines is 1. The van der Waals surface area contributed by atoms with Crippen LogP contribution >= 0.6 is 11.6 Å². The monoisotopic (exact) mass is 284 g/mol. The van der Waals surface area contributed by atoms with Crippen LogP contribution in [-0.4, -0.2) is 9.90 Å². The van der Waals surface area contributed by atoms with E-state index in [0.29, 0.717) is 11.4 Å². The van der Waals surface area contributed by atoms with E-state index in [4.69, 9.17) is 11.6 Å². The van der Waals surface area contributed by atoms with E-state index < -0.39 is 0 Å². The molecule has 4 rings (SSSR count). The lowest BCUT2D eigenvalue weighted by molar-refractivity contribution is -0.662. The molecule has 0 aliphatic carbocycles. The second-order valence-corrected chi connectivity index (χ2v) is 5.24. The van der Waals surface area contributed by atoms with Gasteiger partial charge in [-0.2, -0.15) is 0 Å². The lowest BCUT2D eigenvalue weighted by Gasteiger charge is -1.97. The Morgan fingerprint density at radius 1 is 1.10 bits per heavy atom. The molecule has 1 aromatic heterocycles. The minimum absolute atomic E-state index is 0.0245.